The lowest BCUT2D eigenvalue weighted by atomic mass is 9.95. The molecular formula is C11H16ClNOS. The van der Waals surface area contributed by atoms with Crippen LogP contribution in [0.1, 0.15) is 18.2 Å². The van der Waals surface area contributed by atoms with Crippen LogP contribution in [0.2, 0.25) is 4.34 Å². The Bertz CT molecular complexity index is 328. The number of hydrogen-bond acceptors (Lipinski definition) is 3. The molecule has 3 atom stereocenters. The maximum Gasteiger partial charge on any atom is 0.0931 e. The van der Waals surface area contributed by atoms with Crippen LogP contribution in [-0.4, -0.2) is 18.8 Å². The molecule has 1 fully saturated rings. The fourth-order valence-electron chi connectivity index (χ4n) is 2.01. The van der Waals surface area contributed by atoms with E-state index < -0.39 is 0 Å². The summed E-state index contributed by atoms with van der Waals surface area (Å²) in [6.45, 7) is 2.91. The van der Waals surface area contributed by atoms with Gasteiger partial charge in [-0.3, -0.25) is 0 Å². The monoisotopic (exact) mass is 245 g/mol. The zero-order chi connectivity index (χ0) is 10.8. The number of halogens is 1. The summed E-state index contributed by atoms with van der Waals surface area (Å²) in [5.74, 6) is 0.501. The summed E-state index contributed by atoms with van der Waals surface area (Å²) in [4.78, 5) is 1.27. The van der Waals surface area contributed by atoms with Gasteiger partial charge in [-0.05, 0) is 31.9 Å². The van der Waals surface area contributed by atoms with E-state index in [4.69, 9.17) is 22.1 Å². The van der Waals surface area contributed by atoms with Crippen molar-refractivity contribution in [3.8, 4) is 0 Å². The third-order valence-corrected chi connectivity index (χ3v) is 4.15. The van der Waals surface area contributed by atoms with Gasteiger partial charge in [0.2, 0.25) is 0 Å². The van der Waals surface area contributed by atoms with E-state index in [2.05, 4.69) is 13.0 Å². The van der Waals surface area contributed by atoms with E-state index in [0.29, 0.717) is 12.0 Å². The van der Waals surface area contributed by atoms with E-state index in [1.807, 2.05) is 6.07 Å². The molecule has 0 bridgehead atoms. The van der Waals surface area contributed by atoms with Gasteiger partial charge in [0.1, 0.15) is 0 Å². The van der Waals surface area contributed by atoms with Crippen molar-refractivity contribution in [2.24, 2.45) is 11.7 Å². The van der Waals surface area contributed by atoms with E-state index >= 15 is 0 Å². The molecule has 1 aromatic heterocycles. The van der Waals surface area contributed by atoms with Crippen molar-refractivity contribution in [1.29, 1.82) is 0 Å². The zero-order valence-electron chi connectivity index (χ0n) is 8.78. The number of thiophene rings is 1. The maximum absolute atomic E-state index is 6.17. The Morgan fingerprint density at radius 3 is 3.00 bits per heavy atom. The van der Waals surface area contributed by atoms with Crippen LogP contribution in [0, 0.1) is 5.92 Å². The lowest BCUT2D eigenvalue weighted by Crippen LogP contribution is -2.32. The minimum Gasteiger partial charge on any atom is -0.378 e. The topological polar surface area (TPSA) is 35.2 Å². The second kappa shape index (κ2) is 4.83. The van der Waals surface area contributed by atoms with Crippen LogP contribution in [-0.2, 0) is 11.2 Å². The van der Waals surface area contributed by atoms with Crippen molar-refractivity contribution in [2.45, 2.75) is 31.9 Å². The van der Waals surface area contributed by atoms with E-state index in [1.54, 1.807) is 11.3 Å². The molecule has 4 heteroatoms. The quantitative estimate of drug-likeness (QED) is 0.889. The first-order valence-electron chi connectivity index (χ1n) is 5.26. The third-order valence-electron chi connectivity index (χ3n) is 2.90. The summed E-state index contributed by atoms with van der Waals surface area (Å²) in [6, 6.07) is 4.19. The van der Waals surface area contributed by atoms with Crippen LogP contribution in [0.15, 0.2) is 12.1 Å². The summed E-state index contributed by atoms with van der Waals surface area (Å²) in [5.41, 5.74) is 6.17. The molecule has 1 aliphatic rings. The molecule has 1 saturated heterocycles. The largest absolute Gasteiger partial charge is 0.378 e. The second-order valence-electron chi connectivity index (χ2n) is 4.21. The molecular weight excluding hydrogens is 230 g/mol. The normalized spacial score (nSPS) is 28.2. The zero-order valence-corrected chi connectivity index (χ0v) is 10.4. The molecule has 2 rings (SSSR count). The highest BCUT2D eigenvalue weighted by molar-refractivity contribution is 7.16. The van der Waals surface area contributed by atoms with Gasteiger partial charge >= 0.3 is 0 Å². The predicted molar refractivity (Wildman–Crippen MR) is 64.5 cm³/mol. The van der Waals surface area contributed by atoms with Gasteiger partial charge in [0, 0.05) is 16.8 Å². The Labute approximate surface area is 99.4 Å². The number of hydrogen-bond donors (Lipinski definition) is 1. The number of rotatable bonds is 3. The van der Waals surface area contributed by atoms with Crippen LogP contribution in [0.4, 0.5) is 0 Å². The molecule has 0 radical (unpaired) electrons. The number of ether oxygens (including phenoxy) is 1. The first kappa shape index (κ1) is 11.4. The summed E-state index contributed by atoms with van der Waals surface area (Å²) < 4.78 is 6.37. The average molecular weight is 246 g/mol. The van der Waals surface area contributed by atoms with Crippen molar-refractivity contribution in [1.82, 2.24) is 0 Å². The number of nitrogens with two attached hydrogens (primary N) is 1. The molecule has 0 amide bonds. The highest BCUT2D eigenvalue weighted by Gasteiger charge is 2.27. The molecule has 0 aliphatic carbocycles. The van der Waals surface area contributed by atoms with E-state index in [-0.39, 0.29) is 6.04 Å². The summed E-state index contributed by atoms with van der Waals surface area (Å²) in [7, 11) is 0. The predicted octanol–water partition coefficient (Wildman–Crippen LogP) is 2.70. The SMILES string of the molecule is CC1CC(C(N)Cc2ccc(Cl)s2)CO1. The van der Waals surface area contributed by atoms with Crippen LogP contribution in [0.25, 0.3) is 0 Å². The first-order chi connectivity index (χ1) is 7.15. The van der Waals surface area contributed by atoms with E-state index in [9.17, 15) is 0 Å². The Balaban J connectivity index is 1.89. The van der Waals surface area contributed by atoms with Crippen LogP contribution < -0.4 is 5.73 Å². The molecule has 2 N–H and O–H groups in total. The van der Waals surface area contributed by atoms with E-state index in [1.165, 1.54) is 4.88 Å². The van der Waals surface area contributed by atoms with Crippen molar-refractivity contribution >= 4 is 22.9 Å². The van der Waals surface area contributed by atoms with Gasteiger partial charge in [-0.25, -0.2) is 0 Å². The first-order valence-corrected chi connectivity index (χ1v) is 6.46. The van der Waals surface area contributed by atoms with Crippen LogP contribution in [0.5, 0.6) is 0 Å². The highest BCUT2D eigenvalue weighted by Crippen LogP contribution is 2.27. The van der Waals surface area contributed by atoms with Crippen molar-refractivity contribution < 1.29 is 4.74 Å². The smallest absolute Gasteiger partial charge is 0.0931 e. The molecule has 0 saturated carbocycles. The highest BCUT2D eigenvalue weighted by atomic mass is 35.5. The van der Waals surface area contributed by atoms with Gasteiger partial charge in [0.05, 0.1) is 17.0 Å². The fourth-order valence-corrected chi connectivity index (χ4v) is 3.17. The van der Waals surface area contributed by atoms with Gasteiger partial charge in [0.15, 0.2) is 0 Å². The molecule has 84 valence electrons. The molecule has 15 heavy (non-hydrogen) atoms. The van der Waals surface area contributed by atoms with Crippen molar-refractivity contribution in [2.75, 3.05) is 6.61 Å². The second-order valence-corrected chi connectivity index (χ2v) is 6.01. The lowest BCUT2D eigenvalue weighted by molar-refractivity contribution is 0.118. The van der Waals surface area contributed by atoms with Gasteiger partial charge in [-0.15, -0.1) is 11.3 Å². The summed E-state index contributed by atoms with van der Waals surface area (Å²) in [5, 5.41) is 0. The van der Waals surface area contributed by atoms with Crippen LogP contribution >= 0.6 is 22.9 Å². The Morgan fingerprint density at radius 1 is 1.67 bits per heavy atom. The Kier molecular flexibility index (Phi) is 3.67. The fraction of sp³-hybridized carbons (Fsp3) is 0.636. The molecule has 2 nitrogen and oxygen atoms in total. The van der Waals surface area contributed by atoms with Crippen molar-refractivity contribution in [3.05, 3.63) is 21.3 Å². The molecule has 2 heterocycles. The van der Waals surface area contributed by atoms with Crippen LogP contribution in [0.3, 0.4) is 0 Å². The van der Waals surface area contributed by atoms with Crippen molar-refractivity contribution in [3.63, 3.8) is 0 Å². The Hall–Kier alpha value is -0.0900. The molecule has 3 unspecified atom stereocenters. The Morgan fingerprint density at radius 2 is 2.47 bits per heavy atom. The maximum atomic E-state index is 6.17. The summed E-state index contributed by atoms with van der Waals surface area (Å²) >= 11 is 7.50. The lowest BCUT2D eigenvalue weighted by Gasteiger charge is -2.16. The standard InChI is InChI=1S/C11H16ClNOS/c1-7-4-8(6-14-7)10(13)5-9-2-3-11(12)15-9/h2-3,7-8,10H,4-6,13H2,1H3. The average Bonchev–Trinajstić information content (AvgIpc) is 2.75. The molecule has 1 aromatic rings. The minimum absolute atomic E-state index is 0.199. The van der Waals surface area contributed by atoms with Gasteiger partial charge in [-0.1, -0.05) is 11.6 Å². The van der Waals surface area contributed by atoms with E-state index in [0.717, 1.165) is 23.8 Å². The molecule has 1 aliphatic heterocycles. The molecule has 0 aromatic carbocycles. The minimum atomic E-state index is 0.199. The van der Waals surface area contributed by atoms with Gasteiger partial charge in [0.25, 0.3) is 0 Å². The summed E-state index contributed by atoms with van der Waals surface area (Å²) in [6.07, 6.45) is 2.37. The van der Waals surface area contributed by atoms with Gasteiger partial charge in [-0.2, -0.15) is 0 Å². The third kappa shape index (κ3) is 2.94. The molecule has 0 spiro atoms. The van der Waals surface area contributed by atoms with Gasteiger partial charge < -0.3 is 10.5 Å².